The predicted molar refractivity (Wildman–Crippen MR) is 129 cm³/mol. The highest BCUT2D eigenvalue weighted by Crippen LogP contribution is 2.20. The molecular weight excluding hydrogens is 452 g/mol. The summed E-state index contributed by atoms with van der Waals surface area (Å²) in [4.78, 5) is 23.7. The highest BCUT2D eigenvalue weighted by molar-refractivity contribution is 7.87. The van der Waals surface area contributed by atoms with Crippen LogP contribution in [0, 0.1) is 0 Å². The van der Waals surface area contributed by atoms with Crippen molar-refractivity contribution in [1.29, 1.82) is 0 Å². The van der Waals surface area contributed by atoms with Crippen molar-refractivity contribution in [2.45, 2.75) is 26.1 Å². The molecule has 176 valence electrons. The van der Waals surface area contributed by atoms with Crippen molar-refractivity contribution in [3.05, 3.63) is 106 Å². The minimum Gasteiger partial charge on any atom is -0.366 e. The normalized spacial score (nSPS) is 13.8. The van der Waals surface area contributed by atoms with Crippen molar-refractivity contribution in [1.82, 2.24) is 14.3 Å². The van der Waals surface area contributed by atoms with Crippen LogP contribution in [0.1, 0.15) is 43.0 Å². The molecule has 0 radical (unpaired) electrons. The first-order valence-electron chi connectivity index (χ1n) is 10.9. The molecule has 0 fully saturated rings. The Morgan fingerprint density at radius 3 is 2.32 bits per heavy atom. The van der Waals surface area contributed by atoms with Gasteiger partial charge in [-0.1, -0.05) is 48.5 Å². The van der Waals surface area contributed by atoms with Gasteiger partial charge in [0.1, 0.15) is 0 Å². The molecule has 3 aromatic rings. The lowest BCUT2D eigenvalue weighted by Gasteiger charge is -2.28. The summed E-state index contributed by atoms with van der Waals surface area (Å²) in [7, 11) is -3.66. The van der Waals surface area contributed by atoms with Crippen molar-refractivity contribution >= 4 is 22.0 Å². The third kappa shape index (κ3) is 5.69. The molecule has 0 aliphatic carbocycles. The highest BCUT2D eigenvalue weighted by atomic mass is 32.2. The Morgan fingerprint density at radius 2 is 1.59 bits per heavy atom. The van der Waals surface area contributed by atoms with Crippen LogP contribution < -0.4 is 15.8 Å². The Morgan fingerprint density at radius 1 is 0.853 bits per heavy atom. The standard InChI is InChI=1S/C25H26N4O4S/c26-24(30)21-10-8-18(9-11-21)15-27-25(31)22-7-3-4-19(14-22)16-28-34(32,33)29-13-12-20-5-1-2-6-23(20)17-29/h1-11,14,28H,12-13,15-17H2,(H2,26,30)(H,27,31). The van der Waals surface area contributed by atoms with Crippen molar-refractivity contribution in [2.75, 3.05) is 6.54 Å². The maximum absolute atomic E-state index is 12.8. The van der Waals surface area contributed by atoms with Crippen molar-refractivity contribution in [3.8, 4) is 0 Å². The van der Waals surface area contributed by atoms with E-state index in [1.54, 1.807) is 48.5 Å². The summed E-state index contributed by atoms with van der Waals surface area (Å²) >= 11 is 0. The third-order valence-corrected chi connectivity index (χ3v) is 7.28. The van der Waals surface area contributed by atoms with Crippen LogP contribution in [0.25, 0.3) is 0 Å². The van der Waals surface area contributed by atoms with Crippen molar-refractivity contribution in [3.63, 3.8) is 0 Å². The number of nitrogens with one attached hydrogen (secondary N) is 2. The van der Waals surface area contributed by atoms with Crippen LogP contribution in [0.15, 0.2) is 72.8 Å². The molecule has 4 rings (SSSR count). The van der Waals surface area contributed by atoms with E-state index in [-0.39, 0.29) is 19.0 Å². The lowest BCUT2D eigenvalue weighted by atomic mass is 10.0. The van der Waals surface area contributed by atoms with E-state index in [4.69, 9.17) is 5.73 Å². The van der Waals surface area contributed by atoms with Crippen LogP contribution in [0.4, 0.5) is 0 Å². The van der Waals surface area contributed by atoms with Gasteiger partial charge in [0, 0.05) is 37.3 Å². The van der Waals surface area contributed by atoms with Crippen LogP contribution in [-0.4, -0.2) is 31.1 Å². The molecule has 3 aromatic carbocycles. The Labute approximate surface area is 199 Å². The van der Waals surface area contributed by atoms with Gasteiger partial charge in [-0.3, -0.25) is 9.59 Å². The number of carbonyl (C=O) groups excluding carboxylic acids is 2. The van der Waals surface area contributed by atoms with Gasteiger partial charge in [-0.05, 0) is 52.9 Å². The zero-order valence-corrected chi connectivity index (χ0v) is 19.3. The summed E-state index contributed by atoms with van der Waals surface area (Å²) < 4.78 is 29.7. The van der Waals surface area contributed by atoms with Gasteiger partial charge in [-0.25, -0.2) is 0 Å². The number of primary amides is 1. The highest BCUT2D eigenvalue weighted by Gasteiger charge is 2.26. The fourth-order valence-corrected chi connectivity index (χ4v) is 5.01. The zero-order valence-electron chi connectivity index (χ0n) is 18.5. The molecule has 0 spiro atoms. The lowest BCUT2D eigenvalue weighted by molar-refractivity contribution is 0.0949. The van der Waals surface area contributed by atoms with E-state index in [1.807, 2.05) is 24.3 Å². The quantitative estimate of drug-likeness (QED) is 0.459. The molecule has 1 aliphatic heterocycles. The SMILES string of the molecule is NC(=O)c1ccc(CNC(=O)c2cccc(CNS(=O)(=O)N3CCc4ccccc4C3)c2)cc1. The molecule has 0 saturated heterocycles. The van der Waals surface area contributed by atoms with E-state index in [0.717, 1.165) is 11.1 Å². The summed E-state index contributed by atoms with van der Waals surface area (Å²) in [5, 5.41) is 2.82. The number of nitrogens with two attached hydrogens (primary N) is 1. The molecule has 0 aromatic heterocycles. The van der Waals surface area contributed by atoms with Crippen molar-refractivity contribution in [2.24, 2.45) is 5.73 Å². The number of nitrogens with zero attached hydrogens (tertiary/aromatic N) is 1. The van der Waals surface area contributed by atoms with E-state index in [1.165, 1.54) is 9.87 Å². The minimum absolute atomic E-state index is 0.0795. The predicted octanol–water partition coefficient (Wildman–Crippen LogP) is 2.11. The Bertz CT molecular complexity index is 1310. The third-order valence-electron chi connectivity index (χ3n) is 5.77. The van der Waals surface area contributed by atoms with Gasteiger partial charge in [0.15, 0.2) is 0 Å². The van der Waals surface area contributed by atoms with E-state index in [9.17, 15) is 18.0 Å². The molecule has 1 heterocycles. The van der Waals surface area contributed by atoms with Crippen LogP contribution in [-0.2, 0) is 36.3 Å². The second-order valence-electron chi connectivity index (χ2n) is 8.12. The second-order valence-corrected chi connectivity index (χ2v) is 9.88. The van der Waals surface area contributed by atoms with Crippen LogP contribution in [0.5, 0.6) is 0 Å². The molecule has 9 heteroatoms. The van der Waals surface area contributed by atoms with Gasteiger partial charge < -0.3 is 11.1 Å². The zero-order chi connectivity index (χ0) is 24.1. The molecule has 1 aliphatic rings. The number of rotatable bonds is 8. The molecular formula is C25H26N4O4S. The number of hydrogen-bond acceptors (Lipinski definition) is 4. The summed E-state index contributed by atoms with van der Waals surface area (Å²) in [6, 6.07) is 21.4. The summed E-state index contributed by atoms with van der Waals surface area (Å²) in [6.07, 6.45) is 0.679. The van der Waals surface area contributed by atoms with Crippen LogP contribution >= 0.6 is 0 Å². The maximum atomic E-state index is 12.8. The van der Waals surface area contributed by atoms with Gasteiger partial charge in [-0.2, -0.15) is 17.4 Å². The van der Waals surface area contributed by atoms with Crippen LogP contribution in [0.3, 0.4) is 0 Å². The van der Waals surface area contributed by atoms with Gasteiger partial charge in [-0.15, -0.1) is 0 Å². The molecule has 0 saturated carbocycles. The first-order chi connectivity index (χ1) is 16.3. The van der Waals surface area contributed by atoms with E-state index in [2.05, 4.69) is 10.0 Å². The number of benzene rings is 3. The summed E-state index contributed by atoms with van der Waals surface area (Å²) in [5.41, 5.74) is 9.76. The number of carbonyl (C=O) groups is 2. The number of amides is 2. The molecule has 0 bridgehead atoms. The van der Waals surface area contributed by atoms with E-state index in [0.29, 0.717) is 36.2 Å². The van der Waals surface area contributed by atoms with Gasteiger partial charge in [0.25, 0.3) is 16.1 Å². The topological polar surface area (TPSA) is 122 Å². The van der Waals surface area contributed by atoms with Gasteiger partial charge in [0.05, 0.1) is 0 Å². The van der Waals surface area contributed by atoms with Gasteiger partial charge in [0.2, 0.25) is 5.91 Å². The minimum atomic E-state index is -3.66. The molecule has 0 atom stereocenters. The Balaban J connectivity index is 1.34. The van der Waals surface area contributed by atoms with Crippen molar-refractivity contribution < 1.29 is 18.0 Å². The molecule has 34 heavy (non-hydrogen) atoms. The second kappa shape index (κ2) is 10.2. The molecule has 2 amide bonds. The fraction of sp³-hybridized carbons (Fsp3) is 0.200. The Hall–Kier alpha value is -3.53. The monoisotopic (exact) mass is 478 g/mol. The average Bonchev–Trinajstić information content (AvgIpc) is 2.86. The number of fused-ring (bicyclic) bond motifs is 1. The largest absolute Gasteiger partial charge is 0.366 e. The smallest absolute Gasteiger partial charge is 0.280 e. The summed E-state index contributed by atoms with van der Waals surface area (Å²) in [5.74, 6) is -0.788. The van der Waals surface area contributed by atoms with Crippen LogP contribution in [0.2, 0.25) is 0 Å². The molecule has 4 N–H and O–H groups in total. The maximum Gasteiger partial charge on any atom is 0.280 e. The summed E-state index contributed by atoms with van der Waals surface area (Å²) in [6.45, 7) is 1.13. The average molecular weight is 479 g/mol. The Kier molecular flexibility index (Phi) is 7.06. The first-order valence-corrected chi connectivity index (χ1v) is 12.3. The fourth-order valence-electron chi connectivity index (χ4n) is 3.83. The lowest BCUT2D eigenvalue weighted by Crippen LogP contribution is -2.43. The molecule has 0 unspecified atom stereocenters. The van der Waals surface area contributed by atoms with E-state index >= 15 is 0 Å². The molecule has 8 nitrogen and oxygen atoms in total. The van der Waals surface area contributed by atoms with E-state index < -0.39 is 16.1 Å². The van der Waals surface area contributed by atoms with Gasteiger partial charge >= 0.3 is 0 Å². The first kappa shape index (κ1) is 23.6. The number of hydrogen-bond donors (Lipinski definition) is 3.